The van der Waals surface area contributed by atoms with Crippen LogP contribution in [0.25, 0.3) is 0 Å². The molecule has 2 atom stereocenters. The van der Waals surface area contributed by atoms with E-state index in [4.69, 9.17) is 0 Å². The molecular formula is C15H16N2O4S2. The van der Waals surface area contributed by atoms with Crippen LogP contribution in [0.2, 0.25) is 0 Å². The number of fused-ring (bicyclic) bond motifs is 1. The number of carbonyl (C=O) groups is 2. The van der Waals surface area contributed by atoms with Crippen LogP contribution in [-0.4, -0.2) is 48.1 Å². The average molecular weight is 352 g/mol. The van der Waals surface area contributed by atoms with E-state index in [2.05, 4.69) is 4.99 Å². The molecule has 0 radical (unpaired) electrons. The van der Waals surface area contributed by atoms with E-state index in [9.17, 15) is 18.0 Å². The third-order valence-corrected chi connectivity index (χ3v) is 7.06. The van der Waals surface area contributed by atoms with Crippen LogP contribution < -0.4 is 4.90 Å². The van der Waals surface area contributed by atoms with Crippen molar-refractivity contribution in [2.75, 3.05) is 16.4 Å². The minimum Gasteiger partial charge on any atom is -0.316 e. The first kappa shape index (κ1) is 16.2. The van der Waals surface area contributed by atoms with E-state index in [-0.39, 0.29) is 34.5 Å². The van der Waals surface area contributed by atoms with Gasteiger partial charge in [-0.3, -0.25) is 9.59 Å². The van der Waals surface area contributed by atoms with Crippen LogP contribution in [-0.2, 0) is 14.6 Å². The molecule has 122 valence electrons. The van der Waals surface area contributed by atoms with E-state index in [1.54, 1.807) is 29.2 Å². The van der Waals surface area contributed by atoms with Gasteiger partial charge in [0.1, 0.15) is 0 Å². The van der Waals surface area contributed by atoms with Crippen molar-refractivity contribution in [2.45, 2.75) is 25.1 Å². The number of aliphatic imine (C=N–C) groups is 1. The van der Waals surface area contributed by atoms with Crippen LogP contribution in [0.4, 0.5) is 5.69 Å². The van der Waals surface area contributed by atoms with Crippen molar-refractivity contribution < 1.29 is 18.0 Å². The second-order valence-corrected chi connectivity index (χ2v) is 9.05. The third-order valence-electron chi connectivity index (χ3n) is 3.85. The summed E-state index contributed by atoms with van der Waals surface area (Å²) in [4.78, 5) is 28.8. The van der Waals surface area contributed by atoms with Crippen LogP contribution in [0.1, 0.15) is 24.2 Å². The fourth-order valence-electron chi connectivity index (χ4n) is 2.88. The molecule has 23 heavy (non-hydrogen) atoms. The molecule has 2 fully saturated rings. The molecule has 1 amide bonds. The zero-order valence-corrected chi connectivity index (χ0v) is 14.4. The molecule has 2 saturated heterocycles. The number of rotatable bonds is 2. The molecule has 2 aliphatic rings. The van der Waals surface area contributed by atoms with Crippen molar-refractivity contribution in [3.63, 3.8) is 0 Å². The molecule has 2 heterocycles. The number of amidine groups is 1. The first-order chi connectivity index (χ1) is 10.8. The van der Waals surface area contributed by atoms with Crippen LogP contribution in [0, 0.1) is 0 Å². The Bertz CT molecular complexity index is 817. The van der Waals surface area contributed by atoms with E-state index in [0.717, 1.165) is 0 Å². The van der Waals surface area contributed by atoms with Gasteiger partial charge < -0.3 is 4.90 Å². The summed E-state index contributed by atoms with van der Waals surface area (Å²) in [6.45, 7) is 2.84. The Hall–Kier alpha value is -1.67. The Morgan fingerprint density at radius 2 is 2.00 bits per heavy atom. The quantitative estimate of drug-likeness (QED) is 0.750. The van der Waals surface area contributed by atoms with Crippen LogP contribution >= 0.6 is 11.8 Å². The number of hydrogen-bond acceptors (Lipinski definition) is 5. The lowest BCUT2D eigenvalue weighted by atomic mass is 10.1. The van der Waals surface area contributed by atoms with Crippen LogP contribution in [0.3, 0.4) is 0 Å². The highest BCUT2D eigenvalue weighted by atomic mass is 32.2. The predicted octanol–water partition coefficient (Wildman–Crippen LogP) is 1.51. The highest BCUT2D eigenvalue weighted by Crippen LogP contribution is 2.41. The van der Waals surface area contributed by atoms with E-state index in [0.29, 0.717) is 16.4 Å². The molecular weight excluding hydrogens is 336 g/mol. The summed E-state index contributed by atoms with van der Waals surface area (Å²) in [7, 11) is -3.09. The van der Waals surface area contributed by atoms with E-state index in [1.165, 1.54) is 25.6 Å². The van der Waals surface area contributed by atoms with Gasteiger partial charge in [-0.15, -0.1) is 0 Å². The normalized spacial score (nSPS) is 27.2. The van der Waals surface area contributed by atoms with Gasteiger partial charge in [0.2, 0.25) is 5.91 Å². The number of thioether (sulfide) groups is 1. The van der Waals surface area contributed by atoms with Crippen molar-refractivity contribution in [3.05, 3.63) is 29.8 Å². The zero-order chi connectivity index (χ0) is 16.8. The molecule has 6 nitrogen and oxygen atoms in total. The molecule has 0 aliphatic carbocycles. The predicted molar refractivity (Wildman–Crippen MR) is 90.9 cm³/mol. The lowest BCUT2D eigenvalue weighted by Gasteiger charge is -2.24. The molecule has 3 rings (SSSR count). The fourth-order valence-corrected chi connectivity index (χ4v) is 6.83. The summed E-state index contributed by atoms with van der Waals surface area (Å²) >= 11 is 1.32. The number of nitrogens with zero attached hydrogens (tertiary/aromatic N) is 2. The number of ketones is 1. The van der Waals surface area contributed by atoms with Crippen molar-refractivity contribution in [1.82, 2.24) is 0 Å². The minimum absolute atomic E-state index is 0.0336. The number of amides is 1. The fraction of sp³-hybridized carbons (Fsp3) is 0.400. The molecule has 2 aliphatic heterocycles. The second kappa shape index (κ2) is 5.76. The molecule has 0 unspecified atom stereocenters. The molecule has 1 aromatic rings. The molecule has 0 spiro atoms. The summed E-state index contributed by atoms with van der Waals surface area (Å²) in [5, 5.41) is 0.363. The van der Waals surface area contributed by atoms with Crippen molar-refractivity contribution in [1.29, 1.82) is 0 Å². The van der Waals surface area contributed by atoms with Gasteiger partial charge in [-0.25, -0.2) is 8.42 Å². The summed E-state index contributed by atoms with van der Waals surface area (Å²) < 4.78 is 23.8. The third kappa shape index (κ3) is 3.18. The Labute approximate surface area is 138 Å². The first-order valence-electron chi connectivity index (χ1n) is 7.13. The minimum atomic E-state index is -3.09. The largest absolute Gasteiger partial charge is 0.316 e. The number of benzene rings is 1. The summed E-state index contributed by atoms with van der Waals surface area (Å²) in [6.07, 6.45) is 0. The van der Waals surface area contributed by atoms with Gasteiger partial charge in [-0.2, -0.15) is 4.99 Å². The topological polar surface area (TPSA) is 83.9 Å². The maximum atomic E-state index is 11.9. The number of anilines is 1. The number of sulfone groups is 1. The van der Waals surface area contributed by atoms with Crippen molar-refractivity contribution in [2.24, 2.45) is 4.99 Å². The van der Waals surface area contributed by atoms with Crippen LogP contribution in [0.15, 0.2) is 29.3 Å². The van der Waals surface area contributed by atoms with Gasteiger partial charge in [-0.1, -0.05) is 23.9 Å². The molecule has 8 heteroatoms. The number of Topliss-reactive ketones (excluding diaryl/α,β-unsaturated/α-hetero) is 1. The van der Waals surface area contributed by atoms with Gasteiger partial charge in [0, 0.05) is 23.4 Å². The lowest BCUT2D eigenvalue weighted by molar-refractivity contribution is -0.115. The van der Waals surface area contributed by atoms with Gasteiger partial charge in [0.15, 0.2) is 20.8 Å². The van der Waals surface area contributed by atoms with E-state index < -0.39 is 9.84 Å². The monoisotopic (exact) mass is 352 g/mol. The highest BCUT2D eigenvalue weighted by Gasteiger charge is 2.49. The summed E-state index contributed by atoms with van der Waals surface area (Å²) in [5.41, 5.74) is 1.23. The number of carbonyl (C=O) groups excluding carboxylic acids is 2. The zero-order valence-electron chi connectivity index (χ0n) is 12.7. The second-order valence-electron chi connectivity index (χ2n) is 5.69. The molecule has 0 N–H and O–H groups in total. The molecule has 0 aromatic heterocycles. The Morgan fingerprint density at radius 3 is 2.65 bits per heavy atom. The molecule has 1 aromatic carbocycles. The first-order valence-corrected chi connectivity index (χ1v) is 9.83. The number of hydrogen-bond donors (Lipinski definition) is 0. The highest BCUT2D eigenvalue weighted by molar-refractivity contribution is 8.16. The Morgan fingerprint density at radius 1 is 1.26 bits per heavy atom. The van der Waals surface area contributed by atoms with E-state index >= 15 is 0 Å². The molecule has 0 saturated carbocycles. The van der Waals surface area contributed by atoms with Crippen LogP contribution in [0.5, 0.6) is 0 Å². The van der Waals surface area contributed by atoms with E-state index in [1.807, 2.05) is 0 Å². The summed E-state index contributed by atoms with van der Waals surface area (Å²) in [5.74, 6) is -0.281. The van der Waals surface area contributed by atoms with Gasteiger partial charge >= 0.3 is 0 Å². The standard InChI is InChI=1S/C15H16N2O4S2/c1-9(18)11-4-3-5-12(6-11)17-13-7-23(20,21)8-14(13)22-15(17)16-10(2)19/h3-6,13-14H,7-8H2,1-2H3/t13-,14+/m1/s1. The summed E-state index contributed by atoms with van der Waals surface area (Å²) in [6, 6.07) is 6.71. The van der Waals surface area contributed by atoms with Gasteiger partial charge in [0.25, 0.3) is 0 Å². The SMILES string of the molecule is CC(=O)N=C1S[C@H]2CS(=O)(=O)C[C@H]2N1c1cccc(C(C)=O)c1. The average Bonchev–Trinajstić information content (AvgIpc) is 2.89. The maximum absolute atomic E-state index is 11.9. The Kier molecular flexibility index (Phi) is 4.05. The van der Waals surface area contributed by atoms with Crippen molar-refractivity contribution in [3.8, 4) is 0 Å². The Balaban J connectivity index is 2.06. The smallest absolute Gasteiger partial charge is 0.244 e. The van der Waals surface area contributed by atoms with Gasteiger partial charge in [0.05, 0.1) is 17.5 Å². The maximum Gasteiger partial charge on any atom is 0.244 e. The molecule has 0 bridgehead atoms. The van der Waals surface area contributed by atoms with Gasteiger partial charge in [-0.05, 0) is 19.1 Å². The lowest BCUT2D eigenvalue weighted by Crippen LogP contribution is -2.37. The van der Waals surface area contributed by atoms with Crippen molar-refractivity contribution >= 4 is 44.1 Å².